The molecule has 16 heavy (non-hydrogen) atoms. The first-order chi connectivity index (χ1) is 7.79. The lowest BCUT2D eigenvalue weighted by molar-refractivity contribution is 0.212. The Kier molecular flexibility index (Phi) is 3.83. The smallest absolute Gasteiger partial charge is 0.123 e. The minimum absolute atomic E-state index is 0.388. The molecule has 0 saturated carbocycles. The van der Waals surface area contributed by atoms with Gasteiger partial charge in [-0.2, -0.15) is 0 Å². The van der Waals surface area contributed by atoms with Crippen molar-refractivity contribution in [2.75, 3.05) is 6.54 Å². The van der Waals surface area contributed by atoms with Gasteiger partial charge < -0.3 is 10.1 Å². The maximum Gasteiger partial charge on any atom is 0.123 e. The van der Waals surface area contributed by atoms with Crippen LogP contribution in [0, 0.1) is 0 Å². The molecule has 1 aliphatic rings. The second-order valence-corrected chi connectivity index (χ2v) is 4.59. The standard InChI is InChI=1S/C14H21NO/c1-3-15-11(2)8-9-13-10-12-6-4-5-7-14(12)16-13/h4-7,11,13,15H,3,8-10H2,1-2H3. The van der Waals surface area contributed by atoms with Crippen LogP contribution in [0.2, 0.25) is 0 Å². The SMILES string of the molecule is CCNC(C)CCC1Cc2ccccc2O1. The summed E-state index contributed by atoms with van der Waals surface area (Å²) >= 11 is 0. The lowest BCUT2D eigenvalue weighted by Gasteiger charge is -2.15. The van der Waals surface area contributed by atoms with Gasteiger partial charge >= 0.3 is 0 Å². The summed E-state index contributed by atoms with van der Waals surface area (Å²) in [7, 11) is 0. The molecule has 1 N–H and O–H groups in total. The number of hydrogen-bond donors (Lipinski definition) is 1. The summed E-state index contributed by atoms with van der Waals surface area (Å²) in [5.74, 6) is 1.09. The summed E-state index contributed by atoms with van der Waals surface area (Å²) in [6, 6.07) is 8.97. The van der Waals surface area contributed by atoms with Crippen molar-refractivity contribution >= 4 is 0 Å². The molecule has 1 heterocycles. The fourth-order valence-electron chi connectivity index (χ4n) is 2.30. The highest BCUT2D eigenvalue weighted by Gasteiger charge is 2.22. The van der Waals surface area contributed by atoms with Crippen molar-refractivity contribution in [1.82, 2.24) is 5.32 Å². The van der Waals surface area contributed by atoms with Gasteiger partial charge in [-0.1, -0.05) is 25.1 Å². The van der Waals surface area contributed by atoms with E-state index >= 15 is 0 Å². The zero-order valence-electron chi connectivity index (χ0n) is 10.2. The van der Waals surface area contributed by atoms with Crippen LogP contribution in [0.5, 0.6) is 5.75 Å². The van der Waals surface area contributed by atoms with Gasteiger partial charge in [0.2, 0.25) is 0 Å². The Bertz CT molecular complexity index is 312. The van der Waals surface area contributed by atoms with E-state index in [1.807, 2.05) is 6.07 Å². The van der Waals surface area contributed by atoms with Crippen LogP contribution in [0.25, 0.3) is 0 Å². The van der Waals surface area contributed by atoms with Gasteiger partial charge in [0.05, 0.1) is 0 Å². The predicted octanol–water partition coefficient (Wildman–Crippen LogP) is 2.77. The van der Waals surface area contributed by atoms with E-state index in [1.165, 1.54) is 12.0 Å². The van der Waals surface area contributed by atoms with Crippen molar-refractivity contribution in [2.24, 2.45) is 0 Å². The Morgan fingerprint density at radius 3 is 3.00 bits per heavy atom. The van der Waals surface area contributed by atoms with E-state index in [2.05, 4.69) is 37.4 Å². The molecule has 88 valence electrons. The number of rotatable bonds is 5. The van der Waals surface area contributed by atoms with Gasteiger partial charge in [0.1, 0.15) is 11.9 Å². The molecule has 0 bridgehead atoms. The Labute approximate surface area is 98.0 Å². The number of fused-ring (bicyclic) bond motifs is 1. The quantitative estimate of drug-likeness (QED) is 0.822. The molecule has 2 heteroatoms. The van der Waals surface area contributed by atoms with Crippen molar-refractivity contribution in [3.05, 3.63) is 29.8 Å². The van der Waals surface area contributed by atoms with Gasteiger partial charge in [-0.05, 0) is 37.9 Å². The molecule has 1 aromatic carbocycles. The zero-order chi connectivity index (χ0) is 11.4. The van der Waals surface area contributed by atoms with Crippen LogP contribution in [0.1, 0.15) is 32.3 Å². The molecule has 0 fully saturated rings. The van der Waals surface area contributed by atoms with Crippen LogP contribution in [-0.4, -0.2) is 18.7 Å². The molecular formula is C14H21NO. The van der Waals surface area contributed by atoms with Gasteiger partial charge in [-0.3, -0.25) is 0 Å². The van der Waals surface area contributed by atoms with Crippen molar-refractivity contribution in [3.8, 4) is 5.75 Å². The number of benzene rings is 1. The average Bonchev–Trinajstić information content (AvgIpc) is 2.69. The fourth-order valence-corrected chi connectivity index (χ4v) is 2.30. The molecule has 0 amide bonds. The summed E-state index contributed by atoms with van der Waals surface area (Å²) in [4.78, 5) is 0. The summed E-state index contributed by atoms with van der Waals surface area (Å²) < 4.78 is 5.91. The van der Waals surface area contributed by atoms with Crippen molar-refractivity contribution in [3.63, 3.8) is 0 Å². The van der Waals surface area contributed by atoms with Gasteiger partial charge in [0.25, 0.3) is 0 Å². The van der Waals surface area contributed by atoms with Crippen LogP contribution >= 0.6 is 0 Å². The second-order valence-electron chi connectivity index (χ2n) is 4.59. The van der Waals surface area contributed by atoms with Crippen LogP contribution in [0.3, 0.4) is 0 Å². The molecule has 1 aromatic rings. The normalized spacial score (nSPS) is 20.2. The number of hydrogen-bond acceptors (Lipinski definition) is 2. The summed E-state index contributed by atoms with van der Waals surface area (Å²) in [5, 5.41) is 3.44. The Morgan fingerprint density at radius 2 is 2.25 bits per heavy atom. The van der Waals surface area contributed by atoms with Crippen LogP contribution in [0.4, 0.5) is 0 Å². The first-order valence-electron chi connectivity index (χ1n) is 6.27. The van der Waals surface area contributed by atoms with Crippen molar-refractivity contribution in [1.29, 1.82) is 0 Å². The molecule has 0 aliphatic carbocycles. The lowest BCUT2D eigenvalue weighted by Crippen LogP contribution is -2.27. The van der Waals surface area contributed by atoms with E-state index in [0.29, 0.717) is 12.1 Å². The second kappa shape index (κ2) is 5.35. The van der Waals surface area contributed by atoms with Gasteiger partial charge in [-0.15, -0.1) is 0 Å². The molecule has 0 saturated heterocycles. The number of ether oxygens (including phenoxy) is 1. The molecule has 0 aromatic heterocycles. The Hall–Kier alpha value is -1.02. The van der Waals surface area contributed by atoms with Crippen molar-refractivity contribution < 1.29 is 4.74 Å². The summed E-state index contributed by atoms with van der Waals surface area (Å²) in [5.41, 5.74) is 1.36. The van der Waals surface area contributed by atoms with E-state index in [0.717, 1.165) is 25.1 Å². The monoisotopic (exact) mass is 219 g/mol. The zero-order valence-corrected chi connectivity index (χ0v) is 10.2. The fraction of sp³-hybridized carbons (Fsp3) is 0.571. The maximum absolute atomic E-state index is 5.91. The average molecular weight is 219 g/mol. The van der Waals surface area contributed by atoms with E-state index in [9.17, 15) is 0 Å². The predicted molar refractivity (Wildman–Crippen MR) is 66.9 cm³/mol. The lowest BCUT2D eigenvalue weighted by atomic mass is 10.0. The van der Waals surface area contributed by atoms with Crippen molar-refractivity contribution in [2.45, 2.75) is 45.3 Å². The minimum atomic E-state index is 0.388. The first kappa shape index (κ1) is 11.5. The number of nitrogens with one attached hydrogen (secondary N) is 1. The molecule has 1 aliphatic heterocycles. The molecule has 2 rings (SSSR count). The molecule has 0 spiro atoms. The van der Waals surface area contributed by atoms with E-state index in [-0.39, 0.29) is 0 Å². The van der Waals surface area contributed by atoms with Gasteiger partial charge in [-0.25, -0.2) is 0 Å². The molecule has 2 nitrogen and oxygen atoms in total. The van der Waals surface area contributed by atoms with Crippen LogP contribution in [0.15, 0.2) is 24.3 Å². The highest BCUT2D eigenvalue weighted by Crippen LogP contribution is 2.29. The topological polar surface area (TPSA) is 21.3 Å². The number of para-hydroxylation sites is 1. The minimum Gasteiger partial charge on any atom is -0.490 e. The Morgan fingerprint density at radius 1 is 1.44 bits per heavy atom. The van der Waals surface area contributed by atoms with Gasteiger partial charge in [0.15, 0.2) is 0 Å². The van der Waals surface area contributed by atoms with Crippen LogP contribution in [-0.2, 0) is 6.42 Å². The van der Waals surface area contributed by atoms with Crippen LogP contribution < -0.4 is 10.1 Å². The summed E-state index contributed by atoms with van der Waals surface area (Å²) in [6.45, 7) is 5.44. The summed E-state index contributed by atoms with van der Waals surface area (Å²) in [6.07, 6.45) is 3.79. The van der Waals surface area contributed by atoms with E-state index < -0.39 is 0 Å². The third-order valence-corrected chi connectivity index (χ3v) is 3.19. The van der Waals surface area contributed by atoms with E-state index in [4.69, 9.17) is 4.74 Å². The highest BCUT2D eigenvalue weighted by atomic mass is 16.5. The van der Waals surface area contributed by atoms with E-state index in [1.54, 1.807) is 0 Å². The largest absolute Gasteiger partial charge is 0.490 e. The molecule has 0 radical (unpaired) electrons. The molecular weight excluding hydrogens is 198 g/mol. The molecule has 2 unspecified atom stereocenters. The first-order valence-corrected chi connectivity index (χ1v) is 6.27. The third-order valence-electron chi connectivity index (χ3n) is 3.19. The third kappa shape index (κ3) is 2.76. The van der Waals surface area contributed by atoms with Gasteiger partial charge in [0, 0.05) is 12.5 Å². The molecule has 2 atom stereocenters. The highest BCUT2D eigenvalue weighted by molar-refractivity contribution is 5.37. The Balaban J connectivity index is 1.79. The maximum atomic E-state index is 5.91.